The van der Waals surface area contributed by atoms with E-state index in [4.69, 9.17) is 14.4 Å². The third-order valence-electron chi connectivity index (χ3n) is 2.75. The fourth-order valence-electron chi connectivity index (χ4n) is 1.85. The zero-order chi connectivity index (χ0) is 16.9. The number of nitriles is 1. The van der Waals surface area contributed by atoms with Crippen LogP contribution in [0.2, 0.25) is 0 Å². The quantitative estimate of drug-likeness (QED) is 0.887. The Labute approximate surface area is 135 Å². The fourth-order valence-corrected chi connectivity index (χ4v) is 1.85. The normalized spacial score (nSPS) is 10.7. The number of carbonyl (C=O) groups is 1. The molecule has 2 N–H and O–H groups in total. The molecule has 0 saturated heterocycles. The van der Waals surface area contributed by atoms with Crippen molar-refractivity contribution in [2.24, 2.45) is 0 Å². The number of nitrogens with one attached hydrogen (secondary N) is 2. The molecule has 2 aromatic rings. The molecular formula is C17H19N3O3. The van der Waals surface area contributed by atoms with E-state index in [1.807, 2.05) is 39.0 Å². The number of carbonyl (C=O) groups excluding carboxylic acids is 1. The van der Waals surface area contributed by atoms with Crippen molar-refractivity contribution in [1.82, 2.24) is 0 Å². The molecule has 0 radical (unpaired) electrons. The fraction of sp³-hybridized carbons (Fsp3) is 0.294. The maximum Gasteiger partial charge on any atom is 0.412 e. The van der Waals surface area contributed by atoms with E-state index in [9.17, 15) is 4.79 Å². The van der Waals surface area contributed by atoms with E-state index in [0.29, 0.717) is 18.0 Å². The van der Waals surface area contributed by atoms with E-state index < -0.39 is 11.7 Å². The van der Waals surface area contributed by atoms with Crippen LogP contribution < -0.4 is 10.6 Å². The Morgan fingerprint density at radius 3 is 2.65 bits per heavy atom. The van der Waals surface area contributed by atoms with E-state index in [1.54, 1.807) is 24.3 Å². The van der Waals surface area contributed by atoms with Gasteiger partial charge in [0, 0.05) is 11.4 Å². The molecule has 1 aromatic heterocycles. The Morgan fingerprint density at radius 1 is 1.26 bits per heavy atom. The highest BCUT2D eigenvalue weighted by molar-refractivity contribution is 5.85. The third-order valence-corrected chi connectivity index (χ3v) is 2.75. The minimum absolute atomic E-state index is 0.280. The number of anilines is 2. The van der Waals surface area contributed by atoms with Crippen LogP contribution in [0.5, 0.6) is 0 Å². The number of amides is 1. The Hall–Kier alpha value is -2.94. The van der Waals surface area contributed by atoms with Gasteiger partial charge < -0.3 is 14.5 Å². The summed E-state index contributed by atoms with van der Waals surface area (Å²) < 4.78 is 10.5. The molecule has 0 aliphatic rings. The van der Waals surface area contributed by atoms with Gasteiger partial charge in [-0.1, -0.05) is 6.07 Å². The molecule has 0 bridgehead atoms. The van der Waals surface area contributed by atoms with Gasteiger partial charge in [-0.15, -0.1) is 0 Å². The average molecular weight is 313 g/mol. The average Bonchev–Trinajstić information content (AvgIpc) is 2.91. The Bertz CT molecular complexity index is 723. The predicted octanol–water partition coefficient (Wildman–Crippen LogP) is 4.11. The van der Waals surface area contributed by atoms with Crippen LogP contribution in [0, 0.1) is 11.3 Å². The smallest absolute Gasteiger partial charge is 0.412 e. The Kier molecular flexibility index (Phi) is 4.91. The van der Waals surface area contributed by atoms with Gasteiger partial charge in [0.1, 0.15) is 17.4 Å². The van der Waals surface area contributed by atoms with Crippen LogP contribution in [0.15, 0.2) is 40.8 Å². The second kappa shape index (κ2) is 6.88. The summed E-state index contributed by atoms with van der Waals surface area (Å²) in [6.07, 6.45) is -0.501. The monoisotopic (exact) mass is 313 g/mol. The maximum absolute atomic E-state index is 11.8. The Morgan fingerprint density at radius 2 is 2.00 bits per heavy atom. The molecule has 1 amide bonds. The van der Waals surface area contributed by atoms with Gasteiger partial charge in [-0.3, -0.25) is 5.32 Å². The minimum Gasteiger partial charge on any atom is -0.449 e. The van der Waals surface area contributed by atoms with Crippen molar-refractivity contribution < 1.29 is 13.9 Å². The van der Waals surface area contributed by atoms with Gasteiger partial charge in [0.05, 0.1) is 6.54 Å². The SMILES string of the molecule is CC(C)(C)OC(=O)Nc1cccc(NCc2ccc(C#N)o2)c1. The zero-order valence-corrected chi connectivity index (χ0v) is 13.3. The molecule has 0 unspecified atom stereocenters. The molecule has 0 fully saturated rings. The van der Waals surface area contributed by atoms with E-state index in [2.05, 4.69) is 10.6 Å². The van der Waals surface area contributed by atoms with Crippen molar-refractivity contribution in [3.05, 3.63) is 47.9 Å². The molecule has 0 atom stereocenters. The topological polar surface area (TPSA) is 87.3 Å². The van der Waals surface area contributed by atoms with Gasteiger partial charge >= 0.3 is 6.09 Å². The number of hydrogen-bond acceptors (Lipinski definition) is 5. The number of benzene rings is 1. The molecule has 1 aromatic carbocycles. The van der Waals surface area contributed by atoms with Crippen molar-refractivity contribution in [3.63, 3.8) is 0 Å². The van der Waals surface area contributed by atoms with Crippen LogP contribution >= 0.6 is 0 Å². The molecule has 6 nitrogen and oxygen atoms in total. The van der Waals surface area contributed by atoms with Gasteiger partial charge in [0.2, 0.25) is 5.76 Å². The standard InChI is InChI=1S/C17H19N3O3/c1-17(2,3)23-16(21)20-13-6-4-5-12(9-13)19-11-15-8-7-14(10-18)22-15/h4-9,19H,11H2,1-3H3,(H,20,21). The highest BCUT2D eigenvalue weighted by atomic mass is 16.6. The molecular weight excluding hydrogens is 294 g/mol. The molecule has 2 rings (SSSR count). The molecule has 0 spiro atoms. The third kappa shape index (κ3) is 5.40. The van der Waals surface area contributed by atoms with Gasteiger partial charge in [0.25, 0.3) is 0 Å². The number of furan rings is 1. The molecule has 0 saturated carbocycles. The van der Waals surface area contributed by atoms with Gasteiger partial charge in [0.15, 0.2) is 0 Å². The van der Waals surface area contributed by atoms with Crippen LogP contribution in [0.4, 0.5) is 16.2 Å². The first-order chi connectivity index (χ1) is 10.9. The molecule has 1 heterocycles. The van der Waals surface area contributed by atoms with Gasteiger partial charge in [-0.25, -0.2) is 4.79 Å². The van der Waals surface area contributed by atoms with Crippen LogP contribution in [-0.2, 0) is 11.3 Å². The molecule has 120 valence electrons. The number of nitrogens with zero attached hydrogens (tertiary/aromatic N) is 1. The molecule has 0 aliphatic heterocycles. The molecule has 23 heavy (non-hydrogen) atoms. The highest BCUT2D eigenvalue weighted by Gasteiger charge is 2.16. The van der Waals surface area contributed by atoms with E-state index in [1.165, 1.54) is 0 Å². The first kappa shape index (κ1) is 16.4. The molecule has 6 heteroatoms. The lowest BCUT2D eigenvalue weighted by Gasteiger charge is -2.19. The summed E-state index contributed by atoms with van der Waals surface area (Å²) in [5.74, 6) is 0.939. The number of rotatable bonds is 4. The van der Waals surface area contributed by atoms with Crippen molar-refractivity contribution >= 4 is 17.5 Å². The predicted molar refractivity (Wildman–Crippen MR) is 87.0 cm³/mol. The van der Waals surface area contributed by atoms with Gasteiger partial charge in [-0.2, -0.15) is 5.26 Å². The van der Waals surface area contributed by atoms with Gasteiger partial charge in [-0.05, 0) is 51.1 Å². The summed E-state index contributed by atoms with van der Waals surface area (Å²) in [5.41, 5.74) is 0.896. The van der Waals surface area contributed by atoms with E-state index in [0.717, 1.165) is 5.69 Å². The van der Waals surface area contributed by atoms with E-state index >= 15 is 0 Å². The number of hydrogen-bond donors (Lipinski definition) is 2. The summed E-state index contributed by atoms with van der Waals surface area (Å²) >= 11 is 0. The molecule has 0 aliphatic carbocycles. The first-order valence-corrected chi connectivity index (χ1v) is 7.18. The van der Waals surface area contributed by atoms with Crippen molar-refractivity contribution in [3.8, 4) is 6.07 Å². The van der Waals surface area contributed by atoms with Crippen molar-refractivity contribution in [1.29, 1.82) is 5.26 Å². The van der Waals surface area contributed by atoms with Crippen LogP contribution in [-0.4, -0.2) is 11.7 Å². The largest absolute Gasteiger partial charge is 0.449 e. The minimum atomic E-state index is -0.544. The summed E-state index contributed by atoms with van der Waals surface area (Å²) in [6.45, 7) is 5.87. The number of ether oxygens (including phenoxy) is 1. The van der Waals surface area contributed by atoms with Crippen molar-refractivity contribution in [2.75, 3.05) is 10.6 Å². The lowest BCUT2D eigenvalue weighted by atomic mass is 10.2. The van der Waals surface area contributed by atoms with Crippen LogP contribution in [0.3, 0.4) is 0 Å². The van der Waals surface area contributed by atoms with E-state index in [-0.39, 0.29) is 5.76 Å². The maximum atomic E-state index is 11.8. The zero-order valence-electron chi connectivity index (χ0n) is 13.3. The Balaban J connectivity index is 1.94. The second-order valence-corrected chi connectivity index (χ2v) is 5.94. The summed E-state index contributed by atoms with van der Waals surface area (Å²) in [6, 6.07) is 12.6. The lowest BCUT2D eigenvalue weighted by molar-refractivity contribution is 0.0636. The summed E-state index contributed by atoms with van der Waals surface area (Å²) in [7, 11) is 0. The lowest BCUT2D eigenvalue weighted by Crippen LogP contribution is -2.27. The highest BCUT2D eigenvalue weighted by Crippen LogP contribution is 2.18. The summed E-state index contributed by atoms with van der Waals surface area (Å²) in [4.78, 5) is 11.8. The second-order valence-electron chi connectivity index (χ2n) is 5.94. The van der Waals surface area contributed by atoms with Crippen LogP contribution in [0.1, 0.15) is 32.3 Å². The van der Waals surface area contributed by atoms with Crippen LogP contribution in [0.25, 0.3) is 0 Å². The van der Waals surface area contributed by atoms with Crippen molar-refractivity contribution in [2.45, 2.75) is 32.9 Å². The summed E-state index contributed by atoms with van der Waals surface area (Å²) in [5, 5.41) is 14.6. The first-order valence-electron chi connectivity index (χ1n) is 7.18.